The summed E-state index contributed by atoms with van der Waals surface area (Å²) < 4.78 is 0. The first kappa shape index (κ1) is 7.34. The quantitative estimate of drug-likeness (QED) is 0.402. The molecule has 0 aromatic heterocycles. The van der Waals surface area contributed by atoms with E-state index in [1.807, 2.05) is 12.2 Å². The number of carbonyl (C=O) groups excluding carboxylic acids is 2. The number of carbonyl (C=O) groups is 2. The van der Waals surface area contributed by atoms with Gasteiger partial charge < -0.3 is 5.32 Å². The normalized spacial score (nSPS) is 33.7. The van der Waals surface area contributed by atoms with E-state index in [-0.39, 0.29) is 11.9 Å². The van der Waals surface area contributed by atoms with Crippen molar-refractivity contribution in [3.63, 3.8) is 0 Å². The number of amides is 3. The van der Waals surface area contributed by atoms with Crippen molar-refractivity contribution in [2.75, 3.05) is 0 Å². The average molecular weight is 166 g/mol. The molecule has 4 nitrogen and oxygen atoms in total. The summed E-state index contributed by atoms with van der Waals surface area (Å²) in [6.07, 6.45) is 6.15. The Bertz CT molecular complexity index is 272. The first-order chi connectivity index (χ1) is 5.73. The van der Waals surface area contributed by atoms with Crippen molar-refractivity contribution in [3.8, 4) is 0 Å². The number of urea groups is 1. The molecule has 0 bridgehead atoms. The first-order valence-corrected chi connectivity index (χ1v) is 4.02. The summed E-state index contributed by atoms with van der Waals surface area (Å²) in [5.41, 5.74) is -0.633. The maximum Gasteiger partial charge on any atom is 0.322 e. The Labute approximate surface area is 70.0 Å². The zero-order chi connectivity index (χ0) is 8.60. The van der Waals surface area contributed by atoms with Crippen LogP contribution in [0.5, 0.6) is 0 Å². The Hall–Kier alpha value is -1.32. The van der Waals surface area contributed by atoms with Gasteiger partial charge in [-0.2, -0.15) is 0 Å². The molecule has 0 radical (unpaired) electrons. The fraction of sp³-hybridized carbons (Fsp3) is 0.500. The molecule has 0 aromatic carbocycles. The number of nitrogens with one attached hydrogen (secondary N) is 2. The van der Waals surface area contributed by atoms with E-state index in [4.69, 9.17) is 0 Å². The predicted molar refractivity (Wildman–Crippen MR) is 42.4 cm³/mol. The minimum atomic E-state index is -0.633. The van der Waals surface area contributed by atoms with Crippen LogP contribution in [0.25, 0.3) is 0 Å². The van der Waals surface area contributed by atoms with E-state index in [2.05, 4.69) is 10.6 Å². The topological polar surface area (TPSA) is 58.2 Å². The Kier molecular flexibility index (Phi) is 1.43. The Morgan fingerprint density at radius 2 is 2.17 bits per heavy atom. The van der Waals surface area contributed by atoms with E-state index < -0.39 is 5.54 Å². The molecular formula is C8H10N2O2. The molecule has 1 spiro atoms. The van der Waals surface area contributed by atoms with E-state index in [0.29, 0.717) is 12.8 Å². The number of imide groups is 1. The molecule has 2 aliphatic rings. The second-order valence-electron chi connectivity index (χ2n) is 3.20. The summed E-state index contributed by atoms with van der Waals surface area (Å²) >= 11 is 0. The van der Waals surface area contributed by atoms with Crippen LogP contribution in [0.15, 0.2) is 12.2 Å². The lowest BCUT2D eigenvalue weighted by atomic mass is 9.86. The summed E-state index contributed by atoms with van der Waals surface area (Å²) in [5.74, 6) is -0.183. The van der Waals surface area contributed by atoms with Gasteiger partial charge in [0.1, 0.15) is 5.54 Å². The van der Waals surface area contributed by atoms with E-state index in [1.54, 1.807) is 0 Å². The van der Waals surface area contributed by atoms with Crippen LogP contribution in [-0.4, -0.2) is 17.5 Å². The average Bonchev–Trinajstić information content (AvgIpc) is 2.29. The van der Waals surface area contributed by atoms with Gasteiger partial charge in [-0.3, -0.25) is 10.1 Å². The van der Waals surface area contributed by atoms with Crippen molar-refractivity contribution in [2.45, 2.75) is 24.8 Å². The Morgan fingerprint density at radius 1 is 1.33 bits per heavy atom. The van der Waals surface area contributed by atoms with Crippen molar-refractivity contribution in [2.24, 2.45) is 0 Å². The van der Waals surface area contributed by atoms with Crippen LogP contribution in [0.4, 0.5) is 4.79 Å². The molecule has 1 unspecified atom stereocenters. The highest BCUT2D eigenvalue weighted by molar-refractivity contribution is 6.07. The van der Waals surface area contributed by atoms with Crippen LogP contribution >= 0.6 is 0 Å². The Morgan fingerprint density at radius 3 is 2.67 bits per heavy atom. The summed E-state index contributed by atoms with van der Waals surface area (Å²) in [6.45, 7) is 0. The summed E-state index contributed by atoms with van der Waals surface area (Å²) in [4.78, 5) is 22.2. The summed E-state index contributed by atoms with van der Waals surface area (Å²) in [6, 6.07) is -0.365. The molecule has 0 saturated carbocycles. The molecule has 1 atom stereocenters. The third kappa shape index (κ3) is 0.913. The fourth-order valence-electron chi connectivity index (χ4n) is 1.68. The zero-order valence-corrected chi connectivity index (χ0v) is 6.59. The monoisotopic (exact) mass is 166 g/mol. The minimum Gasteiger partial charge on any atom is -0.323 e. The predicted octanol–water partition coefficient (Wildman–Crippen LogP) is 0.305. The fourth-order valence-corrected chi connectivity index (χ4v) is 1.68. The van der Waals surface area contributed by atoms with Gasteiger partial charge in [-0.1, -0.05) is 12.2 Å². The third-order valence-electron chi connectivity index (χ3n) is 2.39. The molecule has 12 heavy (non-hydrogen) atoms. The van der Waals surface area contributed by atoms with Crippen LogP contribution in [0.1, 0.15) is 19.3 Å². The van der Waals surface area contributed by atoms with Gasteiger partial charge in [0.15, 0.2) is 0 Å². The molecule has 2 rings (SSSR count). The van der Waals surface area contributed by atoms with E-state index in [9.17, 15) is 9.59 Å². The van der Waals surface area contributed by atoms with Crippen molar-refractivity contribution in [3.05, 3.63) is 12.2 Å². The van der Waals surface area contributed by atoms with Crippen LogP contribution in [0, 0.1) is 0 Å². The minimum absolute atomic E-state index is 0.183. The molecular weight excluding hydrogens is 156 g/mol. The van der Waals surface area contributed by atoms with Crippen LogP contribution in [0.3, 0.4) is 0 Å². The smallest absolute Gasteiger partial charge is 0.322 e. The maximum atomic E-state index is 11.3. The highest BCUT2D eigenvalue weighted by atomic mass is 16.2. The van der Waals surface area contributed by atoms with Gasteiger partial charge in [-0.25, -0.2) is 4.79 Å². The highest BCUT2D eigenvalue weighted by Crippen LogP contribution is 2.26. The largest absolute Gasteiger partial charge is 0.323 e. The lowest BCUT2D eigenvalue weighted by Gasteiger charge is -2.26. The summed E-state index contributed by atoms with van der Waals surface area (Å²) in [7, 11) is 0. The molecule has 64 valence electrons. The number of rotatable bonds is 0. The van der Waals surface area contributed by atoms with Crippen molar-refractivity contribution in [1.29, 1.82) is 0 Å². The lowest BCUT2D eigenvalue weighted by Crippen LogP contribution is -2.47. The molecule has 1 fully saturated rings. The van der Waals surface area contributed by atoms with Crippen LogP contribution in [-0.2, 0) is 4.79 Å². The summed E-state index contributed by atoms with van der Waals surface area (Å²) in [5, 5.41) is 4.92. The zero-order valence-electron chi connectivity index (χ0n) is 6.59. The van der Waals surface area contributed by atoms with Gasteiger partial charge in [-0.05, 0) is 19.3 Å². The second kappa shape index (κ2) is 2.33. The molecule has 0 aromatic rings. The standard InChI is InChI=1S/C8H10N2O2/c11-6-8(10-7(12)9-6)4-2-1-3-5-8/h1-2H,3-5H2,(H2,9,10,11,12). The van der Waals surface area contributed by atoms with E-state index in [0.717, 1.165) is 6.42 Å². The van der Waals surface area contributed by atoms with Gasteiger partial charge in [0.05, 0.1) is 0 Å². The van der Waals surface area contributed by atoms with Gasteiger partial charge in [0.2, 0.25) is 0 Å². The highest BCUT2D eigenvalue weighted by Gasteiger charge is 2.45. The Balaban J connectivity index is 2.25. The number of hydrogen-bond donors (Lipinski definition) is 2. The molecule has 4 heteroatoms. The van der Waals surface area contributed by atoms with Gasteiger partial charge in [0, 0.05) is 0 Å². The van der Waals surface area contributed by atoms with Crippen molar-refractivity contribution < 1.29 is 9.59 Å². The SMILES string of the molecule is O=C1NC(=O)C2(CC=CCC2)N1. The third-order valence-corrected chi connectivity index (χ3v) is 2.39. The van der Waals surface area contributed by atoms with E-state index in [1.165, 1.54) is 0 Å². The molecule has 1 saturated heterocycles. The van der Waals surface area contributed by atoms with Gasteiger partial charge in [-0.15, -0.1) is 0 Å². The molecule has 1 heterocycles. The van der Waals surface area contributed by atoms with Crippen LogP contribution in [0.2, 0.25) is 0 Å². The van der Waals surface area contributed by atoms with Crippen molar-refractivity contribution >= 4 is 11.9 Å². The molecule has 2 N–H and O–H groups in total. The maximum absolute atomic E-state index is 11.3. The van der Waals surface area contributed by atoms with Gasteiger partial charge in [0.25, 0.3) is 5.91 Å². The molecule has 3 amide bonds. The van der Waals surface area contributed by atoms with Crippen molar-refractivity contribution in [1.82, 2.24) is 10.6 Å². The lowest BCUT2D eigenvalue weighted by molar-refractivity contribution is -0.124. The van der Waals surface area contributed by atoms with Gasteiger partial charge >= 0.3 is 6.03 Å². The van der Waals surface area contributed by atoms with E-state index >= 15 is 0 Å². The molecule has 1 aliphatic carbocycles. The first-order valence-electron chi connectivity index (χ1n) is 4.02. The van der Waals surface area contributed by atoms with Crippen LogP contribution < -0.4 is 10.6 Å². The second-order valence-corrected chi connectivity index (χ2v) is 3.20. The molecule has 1 aliphatic heterocycles. The number of allylic oxidation sites excluding steroid dienone is 1. The number of hydrogen-bond acceptors (Lipinski definition) is 2.